The molecule has 1 fully saturated rings. The van der Waals surface area contributed by atoms with Gasteiger partial charge in [0.05, 0.1) is 17.9 Å². The van der Waals surface area contributed by atoms with Crippen LogP contribution >= 0.6 is 0 Å². The smallest absolute Gasteiger partial charge is 0.340 e. The van der Waals surface area contributed by atoms with E-state index in [1.165, 1.54) is 6.92 Å². The fourth-order valence-corrected chi connectivity index (χ4v) is 3.21. The first-order valence-electron chi connectivity index (χ1n) is 9.34. The van der Waals surface area contributed by atoms with Crippen molar-refractivity contribution >= 4 is 23.3 Å². The summed E-state index contributed by atoms with van der Waals surface area (Å²) in [6, 6.07) is 12.0. The van der Waals surface area contributed by atoms with Gasteiger partial charge in [-0.1, -0.05) is 12.1 Å². The van der Waals surface area contributed by atoms with Gasteiger partial charge in [0.15, 0.2) is 5.78 Å². The maximum absolute atomic E-state index is 12.7. The summed E-state index contributed by atoms with van der Waals surface area (Å²) in [5.41, 5.74) is 2.06. The number of carbonyl (C=O) groups is 3. The zero-order chi connectivity index (χ0) is 20.1. The Labute approximate surface area is 164 Å². The first-order chi connectivity index (χ1) is 13.5. The molecule has 1 saturated heterocycles. The molecule has 0 atom stereocenters. The SMILES string of the molecule is CCOc1ccc(C(C)=O)cc1COC(=O)c1ccccc1N1CCCC1=O. The molecule has 0 bridgehead atoms. The molecule has 0 radical (unpaired) electrons. The molecule has 0 aliphatic carbocycles. The molecule has 0 aromatic heterocycles. The molecular weight excluding hydrogens is 358 g/mol. The minimum atomic E-state index is -0.522. The van der Waals surface area contributed by atoms with E-state index in [1.54, 1.807) is 47.4 Å². The van der Waals surface area contributed by atoms with Crippen LogP contribution in [0.2, 0.25) is 0 Å². The van der Waals surface area contributed by atoms with Gasteiger partial charge in [0.25, 0.3) is 0 Å². The van der Waals surface area contributed by atoms with E-state index in [9.17, 15) is 14.4 Å². The van der Waals surface area contributed by atoms with Gasteiger partial charge in [-0.2, -0.15) is 0 Å². The number of Topliss-reactive ketones (excluding diaryl/α,β-unsaturated/α-hetero) is 1. The number of hydrogen-bond acceptors (Lipinski definition) is 5. The highest BCUT2D eigenvalue weighted by Gasteiger charge is 2.26. The van der Waals surface area contributed by atoms with Crippen LogP contribution in [0.3, 0.4) is 0 Å². The van der Waals surface area contributed by atoms with Crippen molar-refractivity contribution < 1.29 is 23.9 Å². The lowest BCUT2D eigenvalue weighted by molar-refractivity contribution is -0.117. The highest BCUT2D eigenvalue weighted by Crippen LogP contribution is 2.27. The third-order valence-corrected chi connectivity index (χ3v) is 4.61. The number of para-hydroxylation sites is 1. The van der Waals surface area contributed by atoms with E-state index < -0.39 is 5.97 Å². The Morgan fingerprint density at radius 3 is 2.61 bits per heavy atom. The van der Waals surface area contributed by atoms with E-state index in [0.717, 1.165) is 6.42 Å². The van der Waals surface area contributed by atoms with Crippen molar-refractivity contribution in [2.75, 3.05) is 18.1 Å². The summed E-state index contributed by atoms with van der Waals surface area (Å²) in [5, 5.41) is 0. The molecule has 6 heteroatoms. The highest BCUT2D eigenvalue weighted by molar-refractivity contribution is 6.03. The summed E-state index contributed by atoms with van der Waals surface area (Å²) in [4.78, 5) is 38.1. The number of anilines is 1. The standard InChI is InChI=1S/C22H23NO5/c1-3-27-20-11-10-16(15(2)24)13-17(20)14-28-22(26)18-7-4-5-8-19(18)23-12-6-9-21(23)25/h4-5,7-8,10-11,13H,3,6,9,12,14H2,1-2H3. The van der Waals surface area contributed by atoms with Crippen LogP contribution in [0, 0.1) is 0 Å². The Morgan fingerprint density at radius 1 is 1.14 bits per heavy atom. The van der Waals surface area contributed by atoms with Crippen LogP contribution in [0.1, 0.15) is 53.0 Å². The molecule has 1 heterocycles. The average Bonchev–Trinajstić information content (AvgIpc) is 3.12. The van der Waals surface area contributed by atoms with Crippen LogP contribution in [-0.4, -0.2) is 30.8 Å². The maximum atomic E-state index is 12.7. The minimum absolute atomic E-state index is 0.00745. The predicted molar refractivity (Wildman–Crippen MR) is 105 cm³/mol. The molecule has 0 N–H and O–H groups in total. The van der Waals surface area contributed by atoms with Crippen LogP contribution < -0.4 is 9.64 Å². The highest BCUT2D eigenvalue weighted by atomic mass is 16.5. The summed E-state index contributed by atoms with van der Waals surface area (Å²) in [5.74, 6) is -0.0177. The Hall–Kier alpha value is -3.15. The second-order valence-corrected chi connectivity index (χ2v) is 6.55. The Balaban J connectivity index is 1.81. The first-order valence-corrected chi connectivity index (χ1v) is 9.34. The lowest BCUT2D eigenvalue weighted by Crippen LogP contribution is -2.26. The van der Waals surface area contributed by atoms with Crippen LogP contribution in [-0.2, 0) is 16.1 Å². The van der Waals surface area contributed by atoms with Crippen molar-refractivity contribution in [1.29, 1.82) is 0 Å². The quantitative estimate of drug-likeness (QED) is 0.539. The van der Waals surface area contributed by atoms with Gasteiger partial charge < -0.3 is 14.4 Å². The zero-order valence-corrected chi connectivity index (χ0v) is 16.1. The Kier molecular flexibility index (Phi) is 6.09. The molecule has 1 aliphatic heterocycles. The van der Waals surface area contributed by atoms with Gasteiger partial charge in [0.2, 0.25) is 5.91 Å². The van der Waals surface area contributed by atoms with E-state index in [-0.39, 0.29) is 18.3 Å². The van der Waals surface area contributed by atoms with Crippen molar-refractivity contribution in [3.8, 4) is 5.75 Å². The average molecular weight is 381 g/mol. The molecule has 6 nitrogen and oxygen atoms in total. The van der Waals surface area contributed by atoms with Gasteiger partial charge in [-0.25, -0.2) is 4.79 Å². The van der Waals surface area contributed by atoms with E-state index in [1.807, 2.05) is 6.92 Å². The Bertz CT molecular complexity index is 906. The second kappa shape index (κ2) is 8.69. The number of amides is 1. The number of carbonyl (C=O) groups excluding carboxylic acids is 3. The summed E-state index contributed by atoms with van der Waals surface area (Å²) in [6.07, 6.45) is 1.26. The van der Waals surface area contributed by atoms with Gasteiger partial charge >= 0.3 is 5.97 Å². The second-order valence-electron chi connectivity index (χ2n) is 6.55. The van der Waals surface area contributed by atoms with Crippen LogP contribution in [0.15, 0.2) is 42.5 Å². The van der Waals surface area contributed by atoms with Gasteiger partial charge in [-0.3, -0.25) is 9.59 Å². The summed E-state index contributed by atoms with van der Waals surface area (Å²) < 4.78 is 11.1. The van der Waals surface area contributed by atoms with Crippen LogP contribution in [0.4, 0.5) is 5.69 Å². The van der Waals surface area contributed by atoms with Gasteiger partial charge in [-0.15, -0.1) is 0 Å². The van der Waals surface area contributed by atoms with E-state index in [4.69, 9.17) is 9.47 Å². The van der Waals surface area contributed by atoms with Crippen LogP contribution in [0.25, 0.3) is 0 Å². The molecule has 2 aromatic carbocycles. The molecule has 0 saturated carbocycles. The number of hydrogen-bond donors (Lipinski definition) is 0. The number of ether oxygens (including phenoxy) is 2. The maximum Gasteiger partial charge on any atom is 0.340 e. The minimum Gasteiger partial charge on any atom is -0.493 e. The summed E-state index contributed by atoms with van der Waals surface area (Å²) in [7, 11) is 0. The van der Waals surface area contributed by atoms with Crippen LogP contribution in [0.5, 0.6) is 5.75 Å². The summed E-state index contributed by atoms with van der Waals surface area (Å²) in [6.45, 7) is 4.36. The topological polar surface area (TPSA) is 72.9 Å². The van der Waals surface area contributed by atoms with E-state index >= 15 is 0 Å². The Morgan fingerprint density at radius 2 is 1.93 bits per heavy atom. The predicted octanol–water partition coefficient (Wildman–Crippen LogP) is 3.77. The van der Waals surface area contributed by atoms with E-state index in [2.05, 4.69) is 0 Å². The summed E-state index contributed by atoms with van der Waals surface area (Å²) >= 11 is 0. The molecule has 0 unspecified atom stereocenters. The molecule has 2 aromatic rings. The van der Waals surface area contributed by atoms with Gasteiger partial charge in [-0.05, 0) is 50.6 Å². The van der Waals surface area contributed by atoms with Crippen molar-refractivity contribution in [3.63, 3.8) is 0 Å². The number of nitrogens with zero attached hydrogens (tertiary/aromatic N) is 1. The lowest BCUT2D eigenvalue weighted by Gasteiger charge is -2.19. The van der Waals surface area contributed by atoms with Crippen molar-refractivity contribution in [3.05, 3.63) is 59.2 Å². The van der Waals surface area contributed by atoms with E-state index in [0.29, 0.717) is 47.7 Å². The normalized spacial score (nSPS) is 13.5. The van der Waals surface area contributed by atoms with Gasteiger partial charge in [0, 0.05) is 24.1 Å². The lowest BCUT2D eigenvalue weighted by atomic mass is 10.1. The van der Waals surface area contributed by atoms with Crippen molar-refractivity contribution in [2.24, 2.45) is 0 Å². The largest absolute Gasteiger partial charge is 0.493 e. The molecular formula is C22H23NO5. The fraction of sp³-hybridized carbons (Fsp3) is 0.318. The molecule has 3 rings (SSSR count). The third kappa shape index (κ3) is 4.22. The van der Waals surface area contributed by atoms with Crippen molar-refractivity contribution in [2.45, 2.75) is 33.3 Å². The third-order valence-electron chi connectivity index (χ3n) is 4.61. The number of esters is 1. The van der Waals surface area contributed by atoms with Gasteiger partial charge in [0.1, 0.15) is 12.4 Å². The fourth-order valence-electron chi connectivity index (χ4n) is 3.21. The molecule has 146 valence electrons. The molecule has 1 aliphatic rings. The molecule has 28 heavy (non-hydrogen) atoms. The van der Waals surface area contributed by atoms with Crippen molar-refractivity contribution in [1.82, 2.24) is 0 Å². The number of rotatable bonds is 7. The number of benzene rings is 2. The zero-order valence-electron chi connectivity index (χ0n) is 16.1. The monoisotopic (exact) mass is 381 g/mol. The first kappa shape index (κ1) is 19.6. The molecule has 0 spiro atoms. The number of ketones is 1. The molecule has 1 amide bonds.